The molecule has 19 heavy (non-hydrogen) atoms. The maximum absolute atomic E-state index is 5.71. The zero-order valence-corrected chi connectivity index (χ0v) is 11.4. The fourth-order valence-corrected chi connectivity index (χ4v) is 2.94. The first-order valence-corrected chi connectivity index (χ1v) is 7.16. The molecule has 2 aromatic rings. The van der Waals surface area contributed by atoms with Crippen molar-refractivity contribution < 1.29 is 9.15 Å². The smallest absolute Gasteiger partial charge is 0.134 e. The highest BCUT2D eigenvalue weighted by molar-refractivity contribution is 5.80. The highest BCUT2D eigenvalue weighted by Gasteiger charge is 2.26. The lowest BCUT2D eigenvalue weighted by Crippen LogP contribution is -2.27. The molecule has 3 heteroatoms. The number of rotatable bonds is 5. The summed E-state index contributed by atoms with van der Waals surface area (Å²) in [6.07, 6.45) is 4.59. The van der Waals surface area contributed by atoms with Gasteiger partial charge in [0.2, 0.25) is 0 Å². The highest BCUT2D eigenvalue weighted by atomic mass is 16.5. The van der Waals surface area contributed by atoms with Crippen molar-refractivity contribution in [3.63, 3.8) is 0 Å². The minimum atomic E-state index is 0.439. The van der Waals surface area contributed by atoms with E-state index in [1.54, 1.807) is 0 Å². The summed E-state index contributed by atoms with van der Waals surface area (Å²) in [4.78, 5) is 0. The van der Waals surface area contributed by atoms with E-state index >= 15 is 0 Å². The van der Waals surface area contributed by atoms with Gasteiger partial charge in [-0.05, 0) is 24.8 Å². The van der Waals surface area contributed by atoms with E-state index < -0.39 is 0 Å². The largest absolute Gasteiger partial charge is 0.464 e. The Labute approximate surface area is 113 Å². The summed E-state index contributed by atoms with van der Waals surface area (Å²) in [5.41, 5.74) is 2.21. The number of fused-ring (bicyclic) bond motifs is 1. The Morgan fingerprint density at radius 1 is 1.32 bits per heavy atom. The summed E-state index contributed by atoms with van der Waals surface area (Å²) in [6.45, 7) is 5.01. The lowest BCUT2D eigenvalue weighted by atomic mass is 9.99. The Balaban J connectivity index is 1.57. The van der Waals surface area contributed by atoms with E-state index in [2.05, 4.69) is 24.4 Å². The number of benzene rings is 1. The summed E-state index contributed by atoms with van der Waals surface area (Å²) in [5, 5.41) is 4.76. The van der Waals surface area contributed by atoms with E-state index in [1.807, 2.05) is 18.4 Å². The molecule has 1 aromatic heterocycles. The van der Waals surface area contributed by atoms with Gasteiger partial charge >= 0.3 is 0 Å². The van der Waals surface area contributed by atoms with Crippen LogP contribution in [0.15, 0.2) is 34.9 Å². The molecular weight excluding hydrogens is 238 g/mol. The maximum Gasteiger partial charge on any atom is 0.134 e. The summed E-state index contributed by atoms with van der Waals surface area (Å²) < 4.78 is 11.3. The third-order valence-corrected chi connectivity index (χ3v) is 4.03. The second-order valence-electron chi connectivity index (χ2n) is 5.25. The molecule has 0 saturated carbocycles. The van der Waals surface area contributed by atoms with Crippen LogP contribution in [0.2, 0.25) is 0 Å². The number of hydrogen-bond acceptors (Lipinski definition) is 3. The van der Waals surface area contributed by atoms with Gasteiger partial charge in [-0.25, -0.2) is 0 Å². The minimum Gasteiger partial charge on any atom is -0.464 e. The Kier molecular flexibility index (Phi) is 3.85. The summed E-state index contributed by atoms with van der Waals surface area (Å²) in [5.74, 6) is 0.656. The molecule has 2 atom stereocenters. The average molecular weight is 259 g/mol. The van der Waals surface area contributed by atoms with Crippen LogP contribution in [0.25, 0.3) is 11.0 Å². The summed E-state index contributed by atoms with van der Waals surface area (Å²) in [7, 11) is 0. The van der Waals surface area contributed by atoms with Crippen molar-refractivity contribution in [2.45, 2.75) is 32.4 Å². The molecule has 3 nitrogen and oxygen atoms in total. The minimum absolute atomic E-state index is 0.439. The van der Waals surface area contributed by atoms with E-state index in [-0.39, 0.29) is 0 Å². The Morgan fingerprint density at radius 3 is 3.11 bits per heavy atom. The number of furan rings is 1. The molecule has 102 valence electrons. The highest BCUT2D eigenvalue weighted by Crippen LogP contribution is 2.23. The van der Waals surface area contributed by atoms with Crippen molar-refractivity contribution in [3.8, 4) is 0 Å². The second kappa shape index (κ2) is 5.76. The van der Waals surface area contributed by atoms with Crippen molar-refractivity contribution in [2.75, 3.05) is 13.2 Å². The van der Waals surface area contributed by atoms with Crippen molar-refractivity contribution in [2.24, 2.45) is 5.92 Å². The lowest BCUT2D eigenvalue weighted by molar-refractivity contribution is 0.0872. The SMILES string of the molecule is CCC1OCCC1CNCc1coc2ccccc12. The average Bonchev–Trinajstić information content (AvgIpc) is 3.06. The molecule has 1 aliphatic heterocycles. The van der Waals surface area contributed by atoms with Gasteiger partial charge in [-0.3, -0.25) is 0 Å². The number of para-hydroxylation sites is 1. The summed E-state index contributed by atoms with van der Waals surface area (Å²) in [6, 6.07) is 8.18. The second-order valence-corrected chi connectivity index (χ2v) is 5.25. The molecular formula is C16H21NO2. The first-order chi connectivity index (χ1) is 9.38. The summed E-state index contributed by atoms with van der Waals surface area (Å²) >= 11 is 0. The molecule has 0 radical (unpaired) electrons. The van der Waals surface area contributed by atoms with Gasteiger partial charge in [-0.15, -0.1) is 0 Å². The molecule has 0 spiro atoms. The fraction of sp³-hybridized carbons (Fsp3) is 0.500. The van der Waals surface area contributed by atoms with Crippen LogP contribution in [0.4, 0.5) is 0 Å². The van der Waals surface area contributed by atoms with Crippen LogP contribution in [-0.4, -0.2) is 19.3 Å². The number of hydrogen-bond donors (Lipinski definition) is 1. The van der Waals surface area contributed by atoms with E-state index in [0.717, 1.165) is 31.7 Å². The fourth-order valence-electron chi connectivity index (χ4n) is 2.94. The Morgan fingerprint density at radius 2 is 2.21 bits per heavy atom. The Hall–Kier alpha value is -1.32. The zero-order valence-electron chi connectivity index (χ0n) is 11.4. The normalized spacial score (nSPS) is 23.2. The topological polar surface area (TPSA) is 34.4 Å². The van der Waals surface area contributed by atoms with E-state index in [4.69, 9.17) is 9.15 Å². The third-order valence-electron chi connectivity index (χ3n) is 4.03. The predicted molar refractivity (Wildman–Crippen MR) is 76.1 cm³/mol. The van der Waals surface area contributed by atoms with Gasteiger partial charge in [0, 0.05) is 30.6 Å². The molecule has 1 fully saturated rings. The molecule has 0 bridgehead atoms. The number of nitrogens with one attached hydrogen (secondary N) is 1. The van der Waals surface area contributed by atoms with Crippen LogP contribution >= 0.6 is 0 Å². The van der Waals surface area contributed by atoms with Gasteiger partial charge in [0.25, 0.3) is 0 Å². The molecule has 0 amide bonds. The Bertz CT molecular complexity index is 534. The molecule has 1 aliphatic rings. The van der Waals surface area contributed by atoms with E-state index in [1.165, 1.54) is 17.4 Å². The molecule has 2 unspecified atom stereocenters. The van der Waals surface area contributed by atoms with Crippen molar-refractivity contribution in [3.05, 3.63) is 36.1 Å². The molecule has 1 saturated heterocycles. The van der Waals surface area contributed by atoms with Crippen LogP contribution in [0, 0.1) is 5.92 Å². The van der Waals surface area contributed by atoms with Crippen molar-refractivity contribution in [1.29, 1.82) is 0 Å². The standard InChI is InChI=1S/C16H21NO2/c1-2-15-12(7-8-18-15)9-17-10-13-11-19-16-6-4-3-5-14(13)16/h3-6,11-12,15,17H,2,7-10H2,1H3. The zero-order chi connectivity index (χ0) is 13.1. The maximum atomic E-state index is 5.71. The first-order valence-electron chi connectivity index (χ1n) is 7.16. The molecule has 2 heterocycles. The quantitative estimate of drug-likeness (QED) is 0.894. The van der Waals surface area contributed by atoms with Crippen LogP contribution in [0.3, 0.4) is 0 Å². The van der Waals surface area contributed by atoms with Gasteiger partial charge in [0.15, 0.2) is 0 Å². The van der Waals surface area contributed by atoms with Gasteiger partial charge in [0.05, 0.1) is 12.4 Å². The van der Waals surface area contributed by atoms with Crippen molar-refractivity contribution in [1.82, 2.24) is 5.32 Å². The van der Waals surface area contributed by atoms with Crippen LogP contribution in [0.5, 0.6) is 0 Å². The van der Waals surface area contributed by atoms with Gasteiger partial charge < -0.3 is 14.5 Å². The first kappa shape index (κ1) is 12.7. The van der Waals surface area contributed by atoms with Gasteiger partial charge in [0.1, 0.15) is 5.58 Å². The van der Waals surface area contributed by atoms with Crippen LogP contribution in [-0.2, 0) is 11.3 Å². The monoisotopic (exact) mass is 259 g/mol. The van der Waals surface area contributed by atoms with Crippen LogP contribution in [0.1, 0.15) is 25.3 Å². The lowest BCUT2D eigenvalue weighted by Gasteiger charge is -2.17. The molecule has 1 N–H and O–H groups in total. The van der Waals surface area contributed by atoms with Gasteiger partial charge in [-0.1, -0.05) is 25.1 Å². The van der Waals surface area contributed by atoms with E-state index in [0.29, 0.717) is 12.0 Å². The van der Waals surface area contributed by atoms with Gasteiger partial charge in [-0.2, -0.15) is 0 Å². The van der Waals surface area contributed by atoms with Crippen LogP contribution < -0.4 is 5.32 Å². The molecule has 3 rings (SSSR count). The molecule has 0 aliphatic carbocycles. The predicted octanol–water partition coefficient (Wildman–Crippen LogP) is 3.34. The third kappa shape index (κ3) is 2.67. The molecule has 1 aromatic carbocycles. The van der Waals surface area contributed by atoms with Crippen molar-refractivity contribution >= 4 is 11.0 Å². The number of ether oxygens (including phenoxy) is 1. The van der Waals surface area contributed by atoms with E-state index in [9.17, 15) is 0 Å².